The zero-order valence-corrected chi connectivity index (χ0v) is 15.8. The fraction of sp³-hybridized carbons (Fsp3) is 0.500. The van der Waals surface area contributed by atoms with E-state index in [1.807, 2.05) is 6.92 Å². The molecule has 25 heavy (non-hydrogen) atoms. The van der Waals surface area contributed by atoms with Crippen molar-refractivity contribution in [1.82, 2.24) is 15.1 Å². The van der Waals surface area contributed by atoms with E-state index in [-0.39, 0.29) is 11.7 Å². The van der Waals surface area contributed by atoms with E-state index < -0.39 is 0 Å². The van der Waals surface area contributed by atoms with Crippen molar-refractivity contribution in [2.24, 2.45) is 11.8 Å². The minimum Gasteiger partial charge on any atom is -0.352 e. The van der Waals surface area contributed by atoms with Crippen LogP contribution in [0, 0.1) is 17.7 Å². The molecule has 5 heteroatoms. The Kier molecular flexibility index (Phi) is 6.34. The zero-order valence-electron chi connectivity index (χ0n) is 15.8. The van der Waals surface area contributed by atoms with Crippen LogP contribution in [0.2, 0.25) is 0 Å². The van der Waals surface area contributed by atoms with Gasteiger partial charge in [-0.05, 0) is 48.9 Å². The summed E-state index contributed by atoms with van der Waals surface area (Å²) in [6.45, 7) is 11.0. The van der Waals surface area contributed by atoms with Gasteiger partial charge in [0.15, 0.2) is 0 Å². The monoisotopic (exact) mass is 345 g/mol. The van der Waals surface area contributed by atoms with Crippen LogP contribution in [-0.2, 0) is 12.8 Å². The van der Waals surface area contributed by atoms with Gasteiger partial charge in [-0.3, -0.25) is 4.79 Å². The van der Waals surface area contributed by atoms with Crippen molar-refractivity contribution in [1.29, 1.82) is 0 Å². The van der Waals surface area contributed by atoms with E-state index in [1.165, 1.54) is 12.1 Å². The Balaban J connectivity index is 2.50. The molecule has 0 aliphatic rings. The van der Waals surface area contributed by atoms with Gasteiger partial charge in [-0.15, -0.1) is 0 Å². The number of nitrogens with one attached hydrogen (secondary N) is 1. The van der Waals surface area contributed by atoms with Crippen molar-refractivity contribution in [3.63, 3.8) is 0 Å². The fourth-order valence-corrected chi connectivity index (χ4v) is 2.80. The molecule has 0 unspecified atom stereocenters. The van der Waals surface area contributed by atoms with E-state index in [0.717, 1.165) is 23.5 Å². The number of nitrogens with zero attached hydrogens (tertiary/aromatic N) is 2. The van der Waals surface area contributed by atoms with Gasteiger partial charge in [-0.25, -0.2) is 9.07 Å². The Labute approximate surface area is 149 Å². The first kappa shape index (κ1) is 19.2. The minimum absolute atomic E-state index is 0.0745. The Bertz CT molecular complexity index is 717. The van der Waals surface area contributed by atoms with Crippen molar-refractivity contribution >= 4 is 5.91 Å². The fourth-order valence-electron chi connectivity index (χ4n) is 2.80. The van der Waals surface area contributed by atoms with Crippen LogP contribution in [0.1, 0.15) is 56.4 Å². The molecule has 1 aromatic carbocycles. The predicted molar refractivity (Wildman–Crippen MR) is 98.6 cm³/mol. The van der Waals surface area contributed by atoms with Gasteiger partial charge in [-0.1, -0.05) is 34.6 Å². The molecule has 4 nitrogen and oxygen atoms in total. The maximum absolute atomic E-state index is 13.3. The van der Waals surface area contributed by atoms with Crippen LogP contribution >= 0.6 is 0 Å². The highest BCUT2D eigenvalue weighted by Crippen LogP contribution is 2.22. The zero-order chi connectivity index (χ0) is 18.6. The maximum atomic E-state index is 13.3. The molecule has 0 atom stereocenters. The molecular formula is C20H28FN3O. The van der Waals surface area contributed by atoms with E-state index in [2.05, 4.69) is 33.0 Å². The third-order valence-electron chi connectivity index (χ3n) is 3.96. The van der Waals surface area contributed by atoms with Gasteiger partial charge in [0, 0.05) is 6.54 Å². The molecular weight excluding hydrogens is 317 g/mol. The number of hydrogen-bond donors (Lipinski definition) is 1. The Morgan fingerprint density at radius 3 is 2.32 bits per heavy atom. The van der Waals surface area contributed by atoms with Gasteiger partial charge >= 0.3 is 0 Å². The number of amides is 1. The third-order valence-corrected chi connectivity index (χ3v) is 3.96. The van der Waals surface area contributed by atoms with Crippen LogP contribution in [0.4, 0.5) is 4.39 Å². The number of benzene rings is 1. The molecule has 0 bridgehead atoms. The van der Waals surface area contributed by atoms with Gasteiger partial charge in [0.05, 0.1) is 22.6 Å². The summed E-state index contributed by atoms with van der Waals surface area (Å²) in [5.41, 5.74) is 3.10. The van der Waals surface area contributed by atoms with Crippen LogP contribution in [0.25, 0.3) is 5.69 Å². The largest absolute Gasteiger partial charge is 0.352 e. The van der Waals surface area contributed by atoms with E-state index >= 15 is 0 Å². The molecule has 0 fully saturated rings. The lowest BCUT2D eigenvalue weighted by Gasteiger charge is -2.11. The second kappa shape index (κ2) is 8.28. The Hall–Kier alpha value is -2.17. The molecule has 0 radical (unpaired) electrons. The molecule has 0 spiro atoms. The van der Waals surface area contributed by atoms with Crippen molar-refractivity contribution in [2.45, 2.75) is 47.5 Å². The summed E-state index contributed by atoms with van der Waals surface area (Å²) in [7, 11) is 0. The van der Waals surface area contributed by atoms with Crippen LogP contribution in [-0.4, -0.2) is 22.2 Å². The smallest absolute Gasteiger partial charge is 0.255 e. The molecule has 0 aliphatic carbocycles. The molecule has 1 N–H and O–H groups in total. The molecule has 0 saturated carbocycles. The van der Waals surface area contributed by atoms with Crippen molar-refractivity contribution in [3.8, 4) is 5.69 Å². The highest BCUT2D eigenvalue weighted by molar-refractivity contribution is 5.96. The van der Waals surface area contributed by atoms with Crippen LogP contribution < -0.4 is 5.32 Å². The SMILES string of the molecule is CCc1c(C(=O)NCC(C)C)c(CC(C)C)nn1-c1ccc(F)cc1. The highest BCUT2D eigenvalue weighted by Gasteiger charge is 2.24. The summed E-state index contributed by atoms with van der Waals surface area (Å²) in [4.78, 5) is 12.8. The number of carbonyl (C=O) groups excluding carboxylic acids is 1. The first-order valence-electron chi connectivity index (χ1n) is 8.98. The van der Waals surface area contributed by atoms with E-state index in [0.29, 0.717) is 30.4 Å². The molecule has 0 saturated heterocycles. The number of hydrogen-bond acceptors (Lipinski definition) is 2. The number of aromatic nitrogens is 2. The maximum Gasteiger partial charge on any atom is 0.255 e. The predicted octanol–water partition coefficient (Wildman–Crippen LogP) is 4.16. The van der Waals surface area contributed by atoms with E-state index in [1.54, 1.807) is 16.8 Å². The van der Waals surface area contributed by atoms with Crippen LogP contribution in [0.5, 0.6) is 0 Å². The molecule has 2 aromatic rings. The number of carbonyl (C=O) groups is 1. The molecule has 1 heterocycles. The summed E-state index contributed by atoms with van der Waals surface area (Å²) < 4.78 is 15.0. The van der Waals surface area contributed by atoms with E-state index in [9.17, 15) is 9.18 Å². The van der Waals surface area contributed by atoms with Crippen LogP contribution in [0.3, 0.4) is 0 Å². The highest BCUT2D eigenvalue weighted by atomic mass is 19.1. The van der Waals surface area contributed by atoms with Crippen LogP contribution in [0.15, 0.2) is 24.3 Å². The van der Waals surface area contributed by atoms with Gasteiger partial charge in [0.1, 0.15) is 5.82 Å². The molecule has 0 aliphatic heterocycles. The quantitative estimate of drug-likeness (QED) is 0.819. The normalized spacial score (nSPS) is 11.4. The molecule has 136 valence electrons. The molecule has 1 amide bonds. The van der Waals surface area contributed by atoms with Gasteiger partial charge in [-0.2, -0.15) is 5.10 Å². The second-order valence-corrected chi connectivity index (χ2v) is 7.21. The lowest BCUT2D eigenvalue weighted by atomic mass is 10.0. The number of rotatable bonds is 7. The minimum atomic E-state index is -0.286. The van der Waals surface area contributed by atoms with Crippen molar-refractivity contribution in [3.05, 3.63) is 47.0 Å². The topological polar surface area (TPSA) is 46.9 Å². The summed E-state index contributed by atoms with van der Waals surface area (Å²) in [6, 6.07) is 6.21. The van der Waals surface area contributed by atoms with Crippen molar-refractivity contribution in [2.75, 3.05) is 6.54 Å². The van der Waals surface area contributed by atoms with Gasteiger partial charge < -0.3 is 5.32 Å². The Morgan fingerprint density at radius 1 is 1.16 bits per heavy atom. The van der Waals surface area contributed by atoms with Gasteiger partial charge in [0.25, 0.3) is 5.91 Å². The standard InChI is InChI=1S/C20H28FN3O/c1-6-18-19(20(25)22-12-14(4)5)17(11-13(2)3)23-24(18)16-9-7-15(21)8-10-16/h7-10,13-14H,6,11-12H2,1-5H3,(H,22,25). The van der Waals surface area contributed by atoms with E-state index in [4.69, 9.17) is 5.10 Å². The number of halogens is 1. The summed E-state index contributed by atoms with van der Waals surface area (Å²) >= 11 is 0. The van der Waals surface area contributed by atoms with Gasteiger partial charge in [0.2, 0.25) is 0 Å². The lowest BCUT2D eigenvalue weighted by Crippen LogP contribution is -2.29. The third kappa shape index (κ3) is 4.68. The molecule has 2 rings (SSSR count). The Morgan fingerprint density at radius 2 is 1.80 bits per heavy atom. The van der Waals surface area contributed by atoms with Crippen molar-refractivity contribution < 1.29 is 9.18 Å². The summed E-state index contributed by atoms with van der Waals surface area (Å²) in [5, 5.41) is 7.71. The molecule has 1 aromatic heterocycles. The summed E-state index contributed by atoms with van der Waals surface area (Å²) in [6.07, 6.45) is 1.40. The lowest BCUT2D eigenvalue weighted by molar-refractivity contribution is 0.0947. The average Bonchev–Trinajstić information content (AvgIpc) is 2.90. The average molecular weight is 345 g/mol. The second-order valence-electron chi connectivity index (χ2n) is 7.21. The first-order valence-corrected chi connectivity index (χ1v) is 8.98. The first-order chi connectivity index (χ1) is 11.8. The summed E-state index contributed by atoms with van der Waals surface area (Å²) in [5.74, 6) is 0.411.